The van der Waals surface area contributed by atoms with Gasteiger partial charge in [-0.25, -0.2) is 0 Å². The molecule has 3 fully saturated rings. The van der Waals surface area contributed by atoms with Crippen LogP contribution in [0.5, 0.6) is 0 Å². The molecular weight excluding hydrogens is 392 g/mol. The first-order valence-corrected chi connectivity index (χ1v) is 12.0. The van der Waals surface area contributed by atoms with Crippen molar-refractivity contribution in [3.63, 3.8) is 0 Å². The summed E-state index contributed by atoms with van der Waals surface area (Å²) in [6, 6.07) is 0. The second-order valence-corrected chi connectivity index (χ2v) is 10.7. The number of carbonyl (C=O) groups is 3. The van der Waals surface area contributed by atoms with E-state index in [0.717, 1.165) is 56.1 Å². The fourth-order valence-electron chi connectivity index (χ4n) is 8.61. The Balaban J connectivity index is 1.55. The Morgan fingerprint density at radius 2 is 1.97 bits per heavy atom. The van der Waals surface area contributed by atoms with Gasteiger partial charge in [0.15, 0.2) is 11.4 Å². The minimum atomic E-state index is -0.987. The molecule has 0 amide bonds. The van der Waals surface area contributed by atoms with Gasteiger partial charge in [0.25, 0.3) is 0 Å². The number of rotatable bonds is 5. The van der Waals surface area contributed by atoms with Gasteiger partial charge >= 0.3 is 5.97 Å². The summed E-state index contributed by atoms with van der Waals surface area (Å²) in [4.78, 5) is 37.3. The summed E-state index contributed by atoms with van der Waals surface area (Å²) >= 11 is 0. The van der Waals surface area contributed by atoms with Gasteiger partial charge in [0.2, 0.25) is 0 Å². The van der Waals surface area contributed by atoms with Crippen LogP contribution in [-0.4, -0.2) is 30.2 Å². The number of esters is 1. The van der Waals surface area contributed by atoms with Crippen molar-refractivity contribution in [3.05, 3.63) is 23.0 Å². The molecule has 0 aromatic heterocycles. The molecule has 5 aliphatic carbocycles. The van der Waals surface area contributed by atoms with E-state index < -0.39 is 5.60 Å². The van der Waals surface area contributed by atoms with E-state index in [4.69, 9.17) is 9.47 Å². The SMILES string of the molecule is CCOC1=CC2=C(C=O)C[C@@H]3[C@H](CC[C@@]4(C)[C@H]3[C@@H]3C[C@@H]3[C@]4(OC(C)=O)C(C)=O)[C@H]2CC1. The highest BCUT2D eigenvalue weighted by Gasteiger charge is 2.79. The number of hydrogen-bond donors (Lipinski definition) is 0. The maximum atomic E-state index is 13.0. The number of ether oxygens (including phenoxy) is 2. The van der Waals surface area contributed by atoms with Crippen molar-refractivity contribution in [2.45, 2.75) is 71.8 Å². The molecule has 168 valence electrons. The quantitative estimate of drug-likeness (QED) is 0.481. The molecule has 0 unspecified atom stereocenters. The first-order chi connectivity index (χ1) is 14.8. The van der Waals surface area contributed by atoms with Crippen molar-refractivity contribution in [1.29, 1.82) is 0 Å². The zero-order chi connectivity index (χ0) is 22.1. The highest BCUT2D eigenvalue weighted by Crippen LogP contribution is 2.76. The number of aldehydes is 1. The van der Waals surface area contributed by atoms with Gasteiger partial charge in [-0.05, 0) is 92.8 Å². The van der Waals surface area contributed by atoms with E-state index >= 15 is 0 Å². The Labute approximate surface area is 184 Å². The number of hydrogen-bond acceptors (Lipinski definition) is 5. The smallest absolute Gasteiger partial charge is 0.303 e. The van der Waals surface area contributed by atoms with Crippen LogP contribution in [0.3, 0.4) is 0 Å². The lowest BCUT2D eigenvalue weighted by Gasteiger charge is -2.57. The van der Waals surface area contributed by atoms with Crippen LogP contribution >= 0.6 is 0 Å². The minimum absolute atomic E-state index is 0.00302. The van der Waals surface area contributed by atoms with Crippen LogP contribution in [0.1, 0.15) is 66.2 Å². The predicted molar refractivity (Wildman–Crippen MR) is 115 cm³/mol. The van der Waals surface area contributed by atoms with Crippen LogP contribution in [0, 0.1) is 40.9 Å². The number of carbonyl (C=O) groups excluding carboxylic acids is 3. The third-order valence-corrected chi connectivity index (χ3v) is 9.48. The molecule has 8 atom stereocenters. The number of ketones is 1. The zero-order valence-electron chi connectivity index (χ0n) is 19.1. The molecular formula is C26H34O5. The van der Waals surface area contributed by atoms with Crippen LogP contribution < -0.4 is 0 Å². The van der Waals surface area contributed by atoms with Crippen molar-refractivity contribution in [2.75, 3.05) is 6.61 Å². The second-order valence-electron chi connectivity index (χ2n) is 10.7. The van der Waals surface area contributed by atoms with E-state index in [9.17, 15) is 14.4 Å². The van der Waals surface area contributed by atoms with Crippen LogP contribution in [0.15, 0.2) is 23.0 Å². The van der Waals surface area contributed by atoms with Gasteiger partial charge in [0, 0.05) is 24.7 Å². The van der Waals surface area contributed by atoms with Crippen molar-refractivity contribution < 1.29 is 23.9 Å². The molecule has 0 spiro atoms. The summed E-state index contributed by atoms with van der Waals surface area (Å²) < 4.78 is 11.8. The molecule has 0 radical (unpaired) electrons. The van der Waals surface area contributed by atoms with Crippen LogP contribution in [0.2, 0.25) is 0 Å². The lowest BCUT2D eigenvalue weighted by atomic mass is 9.49. The molecule has 5 aliphatic rings. The number of allylic oxidation sites excluding steroid dienone is 4. The summed E-state index contributed by atoms with van der Waals surface area (Å²) in [5.74, 6) is 2.84. The molecule has 0 aromatic rings. The standard InChI is InChI=1S/C26H34O5/c1-5-30-17-6-7-18-19-8-9-25(4)24(21(19)10-16(13-27)20(18)11-17)22-12-23(22)26(25,14(2)28)31-15(3)29/h11,13,18-19,21-24H,5-10,12H2,1-4H3/t18-,19-,21-,22-,23+,24-,25+,26-/m1/s1. The molecule has 0 N–H and O–H groups in total. The summed E-state index contributed by atoms with van der Waals surface area (Å²) in [6.07, 6.45) is 8.80. The molecule has 0 bridgehead atoms. The van der Waals surface area contributed by atoms with Gasteiger partial charge in [0.05, 0.1) is 12.4 Å². The zero-order valence-corrected chi connectivity index (χ0v) is 19.1. The normalized spacial score (nSPS) is 44.8. The van der Waals surface area contributed by atoms with Crippen LogP contribution in [0.4, 0.5) is 0 Å². The van der Waals surface area contributed by atoms with Crippen molar-refractivity contribution in [1.82, 2.24) is 0 Å². The topological polar surface area (TPSA) is 69.7 Å². The Hall–Kier alpha value is -1.91. The van der Waals surface area contributed by atoms with E-state index in [1.807, 2.05) is 6.92 Å². The first kappa shape index (κ1) is 21.0. The third kappa shape index (κ3) is 2.70. The van der Waals surface area contributed by atoms with Crippen molar-refractivity contribution in [2.24, 2.45) is 40.9 Å². The molecule has 0 heterocycles. The summed E-state index contributed by atoms with van der Waals surface area (Å²) in [5.41, 5.74) is 0.778. The lowest BCUT2D eigenvalue weighted by molar-refractivity contribution is -0.192. The monoisotopic (exact) mass is 426 g/mol. The molecule has 31 heavy (non-hydrogen) atoms. The highest BCUT2D eigenvalue weighted by molar-refractivity contribution is 5.90. The van der Waals surface area contributed by atoms with Gasteiger partial charge in [0.1, 0.15) is 6.29 Å². The van der Waals surface area contributed by atoms with E-state index in [0.29, 0.717) is 36.2 Å². The van der Waals surface area contributed by atoms with E-state index in [-0.39, 0.29) is 23.1 Å². The minimum Gasteiger partial charge on any atom is -0.498 e. The van der Waals surface area contributed by atoms with E-state index in [2.05, 4.69) is 13.0 Å². The van der Waals surface area contributed by atoms with E-state index in [1.165, 1.54) is 12.5 Å². The highest BCUT2D eigenvalue weighted by atomic mass is 16.6. The van der Waals surface area contributed by atoms with Crippen LogP contribution in [-0.2, 0) is 23.9 Å². The maximum Gasteiger partial charge on any atom is 0.303 e. The van der Waals surface area contributed by atoms with Gasteiger partial charge in [-0.2, -0.15) is 0 Å². The predicted octanol–water partition coefficient (Wildman–Crippen LogP) is 4.41. The molecule has 0 aromatic carbocycles. The van der Waals surface area contributed by atoms with E-state index in [1.54, 1.807) is 6.92 Å². The lowest BCUT2D eigenvalue weighted by Crippen LogP contribution is -2.60. The molecule has 5 heteroatoms. The Morgan fingerprint density at radius 3 is 2.61 bits per heavy atom. The molecule has 0 aliphatic heterocycles. The van der Waals surface area contributed by atoms with Gasteiger partial charge in [-0.1, -0.05) is 6.92 Å². The van der Waals surface area contributed by atoms with Crippen molar-refractivity contribution >= 4 is 18.0 Å². The molecule has 5 nitrogen and oxygen atoms in total. The van der Waals surface area contributed by atoms with Gasteiger partial charge in [-0.15, -0.1) is 0 Å². The average molecular weight is 427 g/mol. The first-order valence-electron chi connectivity index (χ1n) is 12.0. The fraction of sp³-hybridized carbons (Fsp3) is 0.731. The average Bonchev–Trinajstić information content (AvgIpc) is 3.47. The fourth-order valence-corrected chi connectivity index (χ4v) is 8.61. The van der Waals surface area contributed by atoms with Crippen LogP contribution in [0.25, 0.3) is 0 Å². The third-order valence-electron chi connectivity index (χ3n) is 9.48. The van der Waals surface area contributed by atoms with Gasteiger partial charge in [-0.3, -0.25) is 14.4 Å². The maximum absolute atomic E-state index is 13.0. The summed E-state index contributed by atoms with van der Waals surface area (Å²) in [5, 5.41) is 0. The molecule has 5 rings (SSSR count). The second kappa shape index (κ2) is 7.05. The molecule has 0 saturated heterocycles. The largest absolute Gasteiger partial charge is 0.498 e. The Morgan fingerprint density at radius 1 is 1.19 bits per heavy atom. The van der Waals surface area contributed by atoms with Gasteiger partial charge < -0.3 is 9.47 Å². The Kier molecular flexibility index (Phi) is 4.76. The number of Topliss-reactive ketones (excluding diaryl/α,β-unsaturated/α-hetero) is 1. The number of fused-ring (bicyclic) bond motifs is 7. The summed E-state index contributed by atoms with van der Waals surface area (Å²) in [6.45, 7) is 7.87. The molecule has 3 saturated carbocycles. The van der Waals surface area contributed by atoms with Crippen molar-refractivity contribution in [3.8, 4) is 0 Å². The Bertz CT molecular complexity index is 899. The summed E-state index contributed by atoms with van der Waals surface area (Å²) in [7, 11) is 0.